The van der Waals surface area contributed by atoms with Gasteiger partial charge < -0.3 is 14.6 Å². The number of fused-ring (bicyclic) bond motifs is 1. The third kappa shape index (κ3) is 3.59. The lowest BCUT2D eigenvalue weighted by Crippen LogP contribution is -2.34. The van der Waals surface area contributed by atoms with E-state index in [9.17, 15) is 5.11 Å². The van der Waals surface area contributed by atoms with Crippen LogP contribution in [0.4, 0.5) is 0 Å². The first kappa shape index (κ1) is 17.6. The van der Waals surface area contributed by atoms with Gasteiger partial charge in [0, 0.05) is 30.8 Å². The lowest BCUT2D eigenvalue weighted by Gasteiger charge is -2.33. The van der Waals surface area contributed by atoms with Gasteiger partial charge >= 0.3 is 0 Å². The van der Waals surface area contributed by atoms with Gasteiger partial charge in [0.25, 0.3) is 0 Å². The van der Waals surface area contributed by atoms with Crippen LogP contribution in [0.3, 0.4) is 0 Å². The number of ether oxygens (including phenoxy) is 2. The molecule has 0 unspecified atom stereocenters. The van der Waals surface area contributed by atoms with Crippen molar-refractivity contribution in [2.75, 3.05) is 20.8 Å². The van der Waals surface area contributed by atoms with Crippen LogP contribution in [-0.2, 0) is 19.6 Å². The summed E-state index contributed by atoms with van der Waals surface area (Å²) in [5.41, 5.74) is 1.76. The molecule has 136 valence electrons. The number of unbranched alkanes of at least 4 members (excludes halogenated alkanes) is 1. The number of β-amino-alcohol motifs (C(OH)–C–C–N with tert-alkyl or cyclic N) is 1. The lowest BCUT2D eigenvalue weighted by molar-refractivity contribution is 0.0819. The Morgan fingerprint density at radius 2 is 2.00 bits per heavy atom. The van der Waals surface area contributed by atoms with Gasteiger partial charge in [-0.2, -0.15) is 0 Å². The smallest absolute Gasteiger partial charge is 0.165 e. The third-order valence-electron chi connectivity index (χ3n) is 4.55. The second-order valence-corrected chi connectivity index (χ2v) is 6.22. The maximum Gasteiger partial charge on any atom is 0.165 e. The average molecular weight is 347 g/mol. The highest BCUT2D eigenvalue weighted by atomic mass is 16.5. The zero-order valence-electron chi connectivity index (χ0n) is 15.0. The fourth-order valence-corrected chi connectivity index (χ4v) is 3.28. The molecule has 0 saturated heterocycles. The molecule has 0 bridgehead atoms. The number of aromatic nitrogens is 4. The molecule has 25 heavy (non-hydrogen) atoms. The molecule has 1 aliphatic heterocycles. The lowest BCUT2D eigenvalue weighted by atomic mass is 9.95. The van der Waals surface area contributed by atoms with E-state index in [1.54, 1.807) is 14.2 Å². The first-order valence-electron chi connectivity index (χ1n) is 8.57. The van der Waals surface area contributed by atoms with Crippen molar-refractivity contribution in [2.45, 2.75) is 45.5 Å². The van der Waals surface area contributed by atoms with Crippen molar-refractivity contribution in [3.63, 3.8) is 0 Å². The van der Waals surface area contributed by atoms with Gasteiger partial charge in [-0.3, -0.25) is 4.90 Å². The van der Waals surface area contributed by atoms with E-state index < -0.39 is 6.10 Å². The molecule has 2 aromatic rings. The summed E-state index contributed by atoms with van der Waals surface area (Å²) in [6.07, 6.45) is 1.48. The number of tetrazole rings is 1. The van der Waals surface area contributed by atoms with Gasteiger partial charge in [0.15, 0.2) is 5.82 Å². The first-order valence-corrected chi connectivity index (χ1v) is 8.57. The van der Waals surface area contributed by atoms with Crippen LogP contribution in [0.5, 0.6) is 11.5 Å². The highest BCUT2D eigenvalue weighted by Gasteiger charge is 2.30. The number of nitrogens with zero attached hydrogens (tertiary/aromatic N) is 5. The molecule has 2 heterocycles. The van der Waals surface area contributed by atoms with E-state index in [2.05, 4.69) is 27.3 Å². The summed E-state index contributed by atoms with van der Waals surface area (Å²) < 4.78 is 12.7. The Hall–Kier alpha value is -2.19. The van der Waals surface area contributed by atoms with E-state index in [-0.39, 0.29) is 0 Å². The van der Waals surface area contributed by atoms with Crippen LogP contribution in [0.15, 0.2) is 12.1 Å². The molecular weight excluding hydrogens is 322 g/mol. The molecule has 0 aliphatic carbocycles. The standard InChI is InChI=1S/C17H25N5O3/c1-4-5-8-22-16(18-19-20-22)11-21-9-12-14(24-2)6-7-15(25-3)17(12)13(23)10-21/h6-7,13,23H,4-5,8-11H2,1-3H3/t13-/m1/s1. The summed E-state index contributed by atoms with van der Waals surface area (Å²) in [6, 6.07) is 3.71. The van der Waals surface area contributed by atoms with Gasteiger partial charge in [0.1, 0.15) is 11.5 Å². The Morgan fingerprint density at radius 1 is 1.24 bits per heavy atom. The summed E-state index contributed by atoms with van der Waals surface area (Å²) in [7, 11) is 3.25. The fraction of sp³-hybridized carbons (Fsp3) is 0.588. The zero-order chi connectivity index (χ0) is 17.8. The number of benzene rings is 1. The molecule has 1 N–H and O–H groups in total. The number of aliphatic hydroxyl groups is 1. The van der Waals surface area contributed by atoms with Crippen LogP contribution in [-0.4, -0.2) is 51.0 Å². The summed E-state index contributed by atoms with van der Waals surface area (Å²) in [4.78, 5) is 2.13. The Balaban J connectivity index is 1.83. The minimum absolute atomic E-state index is 0.497. The molecule has 0 saturated carbocycles. The zero-order valence-corrected chi connectivity index (χ0v) is 15.0. The van der Waals surface area contributed by atoms with Crippen molar-refractivity contribution in [1.29, 1.82) is 0 Å². The minimum atomic E-state index is -0.645. The summed E-state index contributed by atoms with van der Waals surface area (Å²) in [6.45, 7) is 4.67. The van der Waals surface area contributed by atoms with Crippen molar-refractivity contribution < 1.29 is 14.6 Å². The van der Waals surface area contributed by atoms with Gasteiger partial charge in [-0.15, -0.1) is 5.10 Å². The predicted octanol–water partition coefficient (Wildman–Crippen LogP) is 1.54. The highest BCUT2D eigenvalue weighted by Crippen LogP contribution is 2.39. The average Bonchev–Trinajstić information content (AvgIpc) is 3.05. The maximum absolute atomic E-state index is 10.7. The van der Waals surface area contributed by atoms with Crippen molar-refractivity contribution >= 4 is 0 Å². The molecule has 1 atom stereocenters. The van der Waals surface area contributed by atoms with Crippen LogP contribution >= 0.6 is 0 Å². The van der Waals surface area contributed by atoms with Gasteiger partial charge in [-0.05, 0) is 29.0 Å². The largest absolute Gasteiger partial charge is 0.496 e. The van der Waals surface area contributed by atoms with E-state index >= 15 is 0 Å². The number of aliphatic hydroxyl groups excluding tert-OH is 1. The number of hydrogen-bond acceptors (Lipinski definition) is 7. The summed E-state index contributed by atoms with van der Waals surface area (Å²) in [5, 5.41) is 22.7. The van der Waals surface area contributed by atoms with E-state index in [1.807, 2.05) is 16.8 Å². The van der Waals surface area contributed by atoms with Gasteiger partial charge in [-0.1, -0.05) is 13.3 Å². The Labute approximate surface area is 147 Å². The quantitative estimate of drug-likeness (QED) is 0.813. The van der Waals surface area contributed by atoms with Crippen LogP contribution in [0.2, 0.25) is 0 Å². The topological polar surface area (TPSA) is 85.5 Å². The Bertz CT molecular complexity index is 718. The second-order valence-electron chi connectivity index (χ2n) is 6.22. The summed E-state index contributed by atoms with van der Waals surface area (Å²) >= 11 is 0. The van der Waals surface area contributed by atoms with Crippen molar-refractivity contribution in [3.05, 3.63) is 29.1 Å². The molecule has 0 fully saturated rings. The molecular formula is C17H25N5O3. The molecule has 8 nitrogen and oxygen atoms in total. The molecule has 3 rings (SSSR count). The fourth-order valence-electron chi connectivity index (χ4n) is 3.28. The maximum atomic E-state index is 10.7. The molecule has 8 heteroatoms. The Kier molecular flexibility index (Phi) is 5.50. The minimum Gasteiger partial charge on any atom is -0.496 e. The first-order chi connectivity index (χ1) is 12.2. The van der Waals surface area contributed by atoms with E-state index in [0.29, 0.717) is 25.4 Å². The number of aryl methyl sites for hydroxylation is 1. The normalized spacial score (nSPS) is 17.4. The van der Waals surface area contributed by atoms with Crippen molar-refractivity contribution in [1.82, 2.24) is 25.1 Å². The molecule has 1 aromatic heterocycles. The third-order valence-corrected chi connectivity index (χ3v) is 4.55. The number of rotatable bonds is 7. The second kappa shape index (κ2) is 7.79. The van der Waals surface area contributed by atoms with E-state index in [1.165, 1.54) is 0 Å². The van der Waals surface area contributed by atoms with E-state index in [4.69, 9.17) is 9.47 Å². The van der Waals surface area contributed by atoms with Crippen LogP contribution in [0, 0.1) is 0 Å². The molecule has 1 aliphatic rings. The van der Waals surface area contributed by atoms with Crippen molar-refractivity contribution in [3.8, 4) is 11.5 Å². The van der Waals surface area contributed by atoms with Crippen LogP contribution in [0.25, 0.3) is 0 Å². The molecule has 0 spiro atoms. The SMILES string of the molecule is CCCCn1nnnc1CN1Cc2c(OC)ccc(OC)c2[C@H](O)C1. The molecule has 0 amide bonds. The van der Waals surface area contributed by atoms with Gasteiger partial charge in [0.05, 0.1) is 26.9 Å². The van der Waals surface area contributed by atoms with Crippen LogP contribution < -0.4 is 9.47 Å². The number of hydrogen-bond donors (Lipinski definition) is 1. The monoisotopic (exact) mass is 347 g/mol. The van der Waals surface area contributed by atoms with Gasteiger partial charge in [0.2, 0.25) is 0 Å². The van der Waals surface area contributed by atoms with Gasteiger partial charge in [-0.25, -0.2) is 4.68 Å². The molecule has 0 radical (unpaired) electrons. The number of methoxy groups -OCH3 is 2. The summed E-state index contributed by atoms with van der Waals surface area (Å²) in [5.74, 6) is 2.26. The van der Waals surface area contributed by atoms with E-state index in [0.717, 1.165) is 42.1 Å². The van der Waals surface area contributed by atoms with Crippen molar-refractivity contribution in [2.24, 2.45) is 0 Å². The highest BCUT2D eigenvalue weighted by molar-refractivity contribution is 5.51. The Morgan fingerprint density at radius 3 is 2.72 bits per heavy atom. The predicted molar refractivity (Wildman–Crippen MR) is 91.3 cm³/mol. The molecule has 1 aromatic carbocycles. The van der Waals surface area contributed by atoms with Crippen LogP contribution in [0.1, 0.15) is 42.8 Å².